The Kier molecular flexibility index (Phi) is 8.22. The van der Waals surface area contributed by atoms with Crippen LogP contribution in [0.1, 0.15) is 24.0 Å². The molecule has 1 N–H and O–H groups in total. The highest BCUT2D eigenvalue weighted by molar-refractivity contribution is 5.85. The van der Waals surface area contributed by atoms with Crippen LogP contribution in [0.25, 0.3) is 16.5 Å². The highest BCUT2D eigenvalue weighted by atomic mass is 16.5. The number of hydrogen-bond donors (Lipinski definition) is 1. The van der Waals surface area contributed by atoms with Crippen LogP contribution in [-0.4, -0.2) is 61.6 Å². The summed E-state index contributed by atoms with van der Waals surface area (Å²) in [5.74, 6) is 2.44. The van der Waals surface area contributed by atoms with Crippen molar-refractivity contribution in [1.82, 2.24) is 9.88 Å². The number of aromatic nitrogens is 1. The van der Waals surface area contributed by atoms with Gasteiger partial charge in [0.2, 0.25) is 0 Å². The van der Waals surface area contributed by atoms with E-state index in [-0.39, 0.29) is 6.61 Å². The minimum atomic E-state index is -0.574. The van der Waals surface area contributed by atoms with E-state index in [4.69, 9.17) is 14.2 Å². The molecule has 1 fully saturated rings. The quantitative estimate of drug-likeness (QED) is 0.317. The first-order valence-electron chi connectivity index (χ1n) is 13.0. The lowest BCUT2D eigenvalue weighted by molar-refractivity contribution is 0.0661. The molecule has 0 bridgehead atoms. The smallest absolute Gasteiger partial charge is 0.128 e. The van der Waals surface area contributed by atoms with E-state index in [0.717, 1.165) is 54.1 Å². The number of rotatable bonds is 9. The Balaban J connectivity index is 1.26. The molecule has 2 heterocycles. The van der Waals surface area contributed by atoms with Gasteiger partial charge >= 0.3 is 0 Å². The zero-order chi connectivity index (χ0) is 26.3. The molecule has 3 aromatic carbocycles. The normalized spacial score (nSPS) is 14.8. The first kappa shape index (κ1) is 25.8. The fraction of sp³-hybridized carbons (Fsp3) is 0.281. The second-order valence-electron chi connectivity index (χ2n) is 9.53. The number of pyridine rings is 1. The monoisotopic (exact) mass is 510 g/mol. The molecule has 0 aliphatic carbocycles. The highest BCUT2D eigenvalue weighted by Gasteiger charge is 2.21. The number of piperidine rings is 1. The number of hydrogen-bond acceptors (Lipinski definition) is 6. The molecule has 196 valence electrons. The van der Waals surface area contributed by atoms with Crippen molar-refractivity contribution in [3.8, 4) is 17.2 Å². The summed E-state index contributed by atoms with van der Waals surface area (Å²) in [6.45, 7) is 2.60. The first-order valence-corrected chi connectivity index (χ1v) is 13.0. The summed E-state index contributed by atoms with van der Waals surface area (Å²) in [6, 6.07) is 26.3. The summed E-state index contributed by atoms with van der Waals surface area (Å²) in [7, 11) is 3.37. The highest BCUT2D eigenvalue weighted by Crippen LogP contribution is 2.34. The summed E-state index contributed by atoms with van der Waals surface area (Å²) >= 11 is 0. The maximum atomic E-state index is 10.7. The molecule has 0 radical (unpaired) electrons. The van der Waals surface area contributed by atoms with Crippen molar-refractivity contribution in [2.24, 2.45) is 0 Å². The van der Waals surface area contributed by atoms with Gasteiger partial charge in [-0.25, -0.2) is 0 Å². The van der Waals surface area contributed by atoms with Crippen molar-refractivity contribution in [2.75, 3.05) is 40.5 Å². The van der Waals surface area contributed by atoms with Gasteiger partial charge in [0.05, 0.1) is 19.7 Å². The predicted molar refractivity (Wildman–Crippen MR) is 151 cm³/mol. The Morgan fingerprint density at radius 1 is 0.842 bits per heavy atom. The van der Waals surface area contributed by atoms with Crippen LogP contribution in [0.15, 0.2) is 90.6 Å². The fourth-order valence-corrected chi connectivity index (χ4v) is 5.08. The van der Waals surface area contributed by atoms with Crippen molar-refractivity contribution in [3.63, 3.8) is 0 Å². The Morgan fingerprint density at radius 2 is 1.47 bits per heavy atom. The van der Waals surface area contributed by atoms with E-state index in [2.05, 4.69) is 34.1 Å². The summed E-state index contributed by atoms with van der Waals surface area (Å²) < 4.78 is 16.7. The number of likely N-dealkylation sites (tertiary alicyclic amines) is 1. The number of nitrogens with zero attached hydrogens (tertiary/aromatic N) is 2. The van der Waals surface area contributed by atoms with Crippen LogP contribution in [0.5, 0.6) is 17.2 Å². The molecule has 1 aromatic heterocycles. The molecule has 1 atom stereocenters. The second-order valence-corrected chi connectivity index (χ2v) is 9.53. The molecule has 0 saturated carbocycles. The largest absolute Gasteiger partial charge is 0.497 e. The molecule has 0 spiro atoms. The van der Waals surface area contributed by atoms with Crippen molar-refractivity contribution in [2.45, 2.75) is 18.9 Å². The van der Waals surface area contributed by atoms with Crippen LogP contribution in [0.2, 0.25) is 0 Å². The molecular weight excluding hydrogens is 476 g/mol. The Hall–Kier alpha value is -3.87. The summed E-state index contributed by atoms with van der Waals surface area (Å²) in [6.07, 6.45) is 3.08. The molecular formula is C32H34N2O4. The number of fused-ring (bicyclic) bond motifs is 1. The van der Waals surface area contributed by atoms with E-state index in [9.17, 15) is 5.11 Å². The van der Waals surface area contributed by atoms with Gasteiger partial charge in [0.1, 0.15) is 30.0 Å². The molecule has 6 nitrogen and oxygen atoms in total. The van der Waals surface area contributed by atoms with Crippen LogP contribution < -0.4 is 14.2 Å². The summed E-state index contributed by atoms with van der Waals surface area (Å²) in [4.78, 5) is 6.70. The fourth-order valence-electron chi connectivity index (χ4n) is 5.08. The molecule has 6 heteroatoms. The van der Waals surface area contributed by atoms with E-state index >= 15 is 0 Å². The zero-order valence-electron chi connectivity index (χ0n) is 22.0. The number of ether oxygens (including phenoxy) is 3. The third kappa shape index (κ3) is 5.98. The van der Waals surface area contributed by atoms with Gasteiger partial charge in [-0.3, -0.25) is 9.88 Å². The average Bonchev–Trinajstić information content (AvgIpc) is 2.98. The molecule has 1 unspecified atom stereocenters. The minimum Gasteiger partial charge on any atom is -0.497 e. The molecule has 1 aliphatic heterocycles. The molecule has 1 saturated heterocycles. The van der Waals surface area contributed by atoms with Crippen LogP contribution in [0.3, 0.4) is 0 Å². The van der Waals surface area contributed by atoms with Gasteiger partial charge in [0.25, 0.3) is 0 Å². The lowest BCUT2D eigenvalue weighted by Crippen LogP contribution is -2.39. The van der Waals surface area contributed by atoms with Gasteiger partial charge in [-0.05, 0) is 78.1 Å². The minimum absolute atomic E-state index is 0.246. The van der Waals surface area contributed by atoms with Crippen LogP contribution in [-0.2, 0) is 0 Å². The zero-order valence-corrected chi connectivity index (χ0v) is 22.0. The van der Waals surface area contributed by atoms with E-state index in [1.54, 1.807) is 20.4 Å². The maximum absolute atomic E-state index is 10.7. The third-order valence-electron chi connectivity index (χ3n) is 7.08. The van der Waals surface area contributed by atoms with Crippen molar-refractivity contribution in [1.29, 1.82) is 0 Å². The molecule has 4 aromatic rings. The van der Waals surface area contributed by atoms with Crippen molar-refractivity contribution >= 4 is 16.5 Å². The molecule has 5 rings (SSSR count). The molecule has 1 aliphatic rings. The lowest BCUT2D eigenvalue weighted by atomic mass is 9.88. The lowest BCUT2D eigenvalue weighted by Gasteiger charge is -2.31. The van der Waals surface area contributed by atoms with Gasteiger partial charge in [-0.2, -0.15) is 0 Å². The van der Waals surface area contributed by atoms with Crippen LogP contribution in [0, 0.1) is 0 Å². The number of β-amino-alcohol motifs (C(OH)–C–C–N with tert-alkyl or cyclic N) is 1. The second kappa shape index (κ2) is 12.1. The maximum Gasteiger partial charge on any atom is 0.128 e. The van der Waals surface area contributed by atoms with E-state index in [1.807, 2.05) is 54.6 Å². The molecule has 0 amide bonds. The number of aliphatic hydroxyl groups excluding tert-OH is 1. The van der Waals surface area contributed by atoms with Crippen LogP contribution >= 0.6 is 0 Å². The average molecular weight is 511 g/mol. The Labute approximate surface area is 224 Å². The number of methoxy groups -OCH3 is 2. The van der Waals surface area contributed by atoms with Crippen molar-refractivity contribution < 1.29 is 19.3 Å². The van der Waals surface area contributed by atoms with E-state index in [1.165, 1.54) is 22.3 Å². The SMILES string of the molecule is COc1ccc(C(=C2CCN(CC(O)COc3cccc4ncccc34)CC2)c2ccc(OC)cc2)cc1. The predicted octanol–water partition coefficient (Wildman–Crippen LogP) is 5.59. The Bertz CT molecular complexity index is 1320. The van der Waals surface area contributed by atoms with Crippen LogP contribution in [0.4, 0.5) is 0 Å². The standard InChI is InChI=1S/C32H34N2O4/c1-36-27-12-8-23(9-13-27)32(24-10-14-28(37-2)15-11-24)25-16-19-34(20-17-25)21-26(35)22-38-31-7-3-6-30-29(31)5-4-18-33-30/h3-15,18,26,35H,16-17,19-22H2,1-2H3. The first-order chi connectivity index (χ1) is 18.6. The van der Waals surface area contributed by atoms with E-state index < -0.39 is 6.10 Å². The van der Waals surface area contributed by atoms with E-state index in [0.29, 0.717) is 6.54 Å². The Morgan fingerprint density at radius 3 is 2.08 bits per heavy atom. The third-order valence-corrected chi connectivity index (χ3v) is 7.08. The topological polar surface area (TPSA) is 64.1 Å². The number of benzene rings is 3. The number of aliphatic hydroxyl groups is 1. The summed E-state index contributed by atoms with van der Waals surface area (Å²) in [5, 5.41) is 11.7. The summed E-state index contributed by atoms with van der Waals surface area (Å²) in [5.41, 5.74) is 5.93. The van der Waals surface area contributed by atoms with Gasteiger partial charge < -0.3 is 19.3 Å². The van der Waals surface area contributed by atoms with Gasteiger partial charge in [0, 0.05) is 31.2 Å². The van der Waals surface area contributed by atoms with Gasteiger partial charge in [0.15, 0.2) is 0 Å². The molecule has 38 heavy (non-hydrogen) atoms. The van der Waals surface area contributed by atoms with Gasteiger partial charge in [-0.15, -0.1) is 0 Å². The van der Waals surface area contributed by atoms with Gasteiger partial charge in [-0.1, -0.05) is 35.9 Å². The van der Waals surface area contributed by atoms with Crippen molar-refractivity contribution in [3.05, 3.63) is 102 Å².